The summed E-state index contributed by atoms with van der Waals surface area (Å²) in [5.41, 5.74) is 7.34. The van der Waals surface area contributed by atoms with Gasteiger partial charge in [-0.3, -0.25) is 0 Å². The van der Waals surface area contributed by atoms with Crippen LogP contribution >= 0.6 is 22.6 Å². The number of halogens is 1. The molecule has 1 rings (SSSR count). The van der Waals surface area contributed by atoms with Gasteiger partial charge in [0, 0.05) is 16.5 Å². The van der Waals surface area contributed by atoms with Gasteiger partial charge in [-0.15, -0.1) is 0 Å². The molecule has 3 N–H and O–H groups in total. The zero-order valence-corrected chi connectivity index (χ0v) is 9.11. The number of allylic oxidation sites excluding steroid dienone is 3. The summed E-state index contributed by atoms with van der Waals surface area (Å²) in [4.78, 5) is 10.6. The first-order valence-corrected chi connectivity index (χ1v) is 5.32. The quantitative estimate of drug-likeness (QED) is 0.600. The van der Waals surface area contributed by atoms with Gasteiger partial charge < -0.3 is 10.8 Å². The number of hydrogen-bond acceptors (Lipinski definition) is 2. The van der Waals surface area contributed by atoms with Crippen LogP contribution in [0.4, 0.5) is 0 Å². The molecule has 0 spiro atoms. The van der Waals surface area contributed by atoms with Gasteiger partial charge in [0.15, 0.2) is 0 Å². The van der Waals surface area contributed by atoms with Gasteiger partial charge in [-0.25, -0.2) is 4.79 Å². The highest BCUT2D eigenvalue weighted by molar-refractivity contribution is 14.1. The van der Waals surface area contributed by atoms with E-state index >= 15 is 0 Å². The molecule has 0 saturated heterocycles. The smallest absolute Gasteiger partial charge is 0.337 e. The van der Waals surface area contributed by atoms with E-state index in [1.165, 1.54) is 0 Å². The maximum atomic E-state index is 10.6. The van der Waals surface area contributed by atoms with E-state index in [0.29, 0.717) is 12.1 Å². The molecule has 0 heterocycles. The van der Waals surface area contributed by atoms with Crippen molar-refractivity contribution < 1.29 is 9.90 Å². The number of hydrogen-bond donors (Lipinski definition) is 2. The molecule has 0 aliphatic heterocycles. The number of aliphatic carboxylic acids is 1. The second-order valence-electron chi connectivity index (χ2n) is 2.69. The minimum Gasteiger partial charge on any atom is -0.478 e. The third-order valence-electron chi connectivity index (χ3n) is 1.77. The minimum atomic E-state index is -0.956. The molecule has 0 aromatic carbocycles. The molecule has 1 aliphatic rings. The lowest BCUT2D eigenvalue weighted by molar-refractivity contribution is -0.132. The Morgan fingerprint density at radius 3 is 2.85 bits per heavy atom. The van der Waals surface area contributed by atoms with Crippen molar-refractivity contribution in [2.75, 3.05) is 4.43 Å². The Morgan fingerprint density at radius 2 is 2.38 bits per heavy atom. The van der Waals surface area contributed by atoms with Crippen LogP contribution in [0.2, 0.25) is 0 Å². The van der Waals surface area contributed by atoms with E-state index in [4.69, 9.17) is 10.8 Å². The molecule has 0 atom stereocenters. The fraction of sp³-hybridized carbons (Fsp3) is 0.222. The van der Waals surface area contributed by atoms with E-state index < -0.39 is 5.97 Å². The first kappa shape index (κ1) is 10.3. The van der Waals surface area contributed by atoms with E-state index in [2.05, 4.69) is 22.6 Å². The van der Waals surface area contributed by atoms with E-state index in [9.17, 15) is 4.79 Å². The standard InChI is InChI=1S/C9H10INO2/c10-4-3-6-1-2-7(9(12)13)8(11)5-6/h1-3H,4-5,11H2,(H,12,13). The summed E-state index contributed by atoms with van der Waals surface area (Å²) < 4.78 is 0.910. The van der Waals surface area contributed by atoms with Crippen LogP contribution in [0.15, 0.2) is 35.1 Å². The van der Waals surface area contributed by atoms with Crippen molar-refractivity contribution in [1.82, 2.24) is 0 Å². The van der Waals surface area contributed by atoms with Crippen molar-refractivity contribution in [3.8, 4) is 0 Å². The molecule has 1 aliphatic carbocycles. The van der Waals surface area contributed by atoms with Crippen LogP contribution in [0.25, 0.3) is 0 Å². The Labute approximate surface area is 90.1 Å². The summed E-state index contributed by atoms with van der Waals surface area (Å²) in [5.74, 6) is -0.956. The van der Waals surface area contributed by atoms with E-state index in [0.717, 1.165) is 10.0 Å². The molecular formula is C9H10INO2. The fourth-order valence-corrected chi connectivity index (χ4v) is 1.69. The van der Waals surface area contributed by atoms with E-state index in [1.54, 1.807) is 12.2 Å². The highest BCUT2D eigenvalue weighted by Gasteiger charge is 2.13. The number of alkyl halides is 1. The SMILES string of the molecule is NC1=C(C(=O)O)C=CC(=CCI)C1. The predicted molar refractivity (Wildman–Crippen MR) is 59.6 cm³/mol. The lowest BCUT2D eigenvalue weighted by Crippen LogP contribution is -2.12. The summed E-state index contributed by atoms with van der Waals surface area (Å²) in [6.07, 6.45) is 5.93. The second kappa shape index (κ2) is 4.45. The first-order chi connectivity index (χ1) is 6.15. The summed E-state index contributed by atoms with van der Waals surface area (Å²) >= 11 is 2.23. The largest absolute Gasteiger partial charge is 0.478 e. The lowest BCUT2D eigenvalue weighted by atomic mass is 9.99. The third kappa shape index (κ3) is 2.58. The minimum absolute atomic E-state index is 0.214. The molecule has 0 fully saturated rings. The number of rotatable bonds is 2. The van der Waals surface area contributed by atoms with Gasteiger partial charge in [0.25, 0.3) is 0 Å². The van der Waals surface area contributed by atoms with Crippen molar-refractivity contribution in [1.29, 1.82) is 0 Å². The molecule has 0 aromatic rings. The van der Waals surface area contributed by atoms with Gasteiger partial charge in [0.1, 0.15) is 0 Å². The summed E-state index contributed by atoms with van der Waals surface area (Å²) in [6.45, 7) is 0. The molecular weight excluding hydrogens is 281 g/mol. The molecule has 70 valence electrons. The van der Waals surface area contributed by atoms with E-state index in [1.807, 2.05) is 6.08 Å². The average Bonchev–Trinajstić information content (AvgIpc) is 2.04. The highest BCUT2D eigenvalue weighted by Crippen LogP contribution is 2.19. The topological polar surface area (TPSA) is 63.3 Å². The Balaban J connectivity index is 2.87. The Morgan fingerprint density at radius 1 is 1.69 bits per heavy atom. The molecule has 0 amide bonds. The van der Waals surface area contributed by atoms with Crippen molar-refractivity contribution in [2.45, 2.75) is 6.42 Å². The normalized spacial score (nSPS) is 19.6. The Kier molecular flexibility index (Phi) is 3.53. The monoisotopic (exact) mass is 291 g/mol. The van der Waals surface area contributed by atoms with Crippen LogP contribution < -0.4 is 5.73 Å². The van der Waals surface area contributed by atoms with Gasteiger partial charge in [0.2, 0.25) is 0 Å². The second-order valence-corrected chi connectivity index (χ2v) is 3.57. The number of carboxylic acids is 1. The van der Waals surface area contributed by atoms with Gasteiger partial charge in [0.05, 0.1) is 5.57 Å². The van der Waals surface area contributed by atoms with Gasteiger partial charge >= 0.3 is 5.97 Å². The molecule has 13 heavy (non-hydrogen) atoms. The third-order valence-corrected chi connectivity index (χ3v) is 2.21. The number of carboxylic acid groups (broad SMARTS) is 1. The molecule has 4 heteroatoms. The van der Waals surface area contributed by atoms with Crippen LogP contribution in [0, 0.1) is 0 Å². The lowest BCUT2D eigenvalue weighted by Gasteiger charge is -2.10. The van der Waals surface area contributed by atoms with Crippen LogP contribution in [0.3, 0.4) is 0 Å². The number of nitrogens with two attached hydrogens (primary N) is 1. The van der Waals surface area contributed by atoms with Crippen molar-refractivity contribution in [3.63, 3.8) is 0 Å². The average molecular weight is 291 g/mol. The van der Waals surface area contributed by atoms with Crippen LogP contribution in [-0.4, -0.2) is 15.5 Å². The van der Waals surface area contributed by atoms with Crippen molar-refractivity contribution in [2.24, 2.45) is 5.73 Å². The van der Waals surface area contributed by atoms with Crippen LogP contribution in [0.1, 0.15) is 6.42 Å². The summed E-state index contributed by atoms with van der Waals surface area (Å²) in [5, 5.41) is 8.71. The maximum absolute atomic E-state index is 10.6. The van der Waals surface area contributed by atoms with Gasteiger partial charge in [-0.05, 0) is 11.6 Å². The molecule has 0 aromatic heterocycles. The molecule has 0 radical (unpaired) electrons. The fourth-order valence-electron chi connectivity index (χ4n) is 1.12. The highest BCUT2D eigenvalue weighted by atomic mass is 127. The Hall–Kier alpha value is -0.780. The molecule has 0 unspecified atom stereocenters. The zero-order chi connectivity index (χ0) is 9.84. The maximum Gasteiger partial charge on any atom is 0.337 e. The molecule has 0 bridgehead atoms. The van der Waals surface area contributed by atoms with Crippen LogP contribution in [-0.2, 0) is 4.79 Å². The summed E-state index contributed by atoms with van der Waals surface area (Å²) in [7, 11) is 0. The van der Waals surface area contributed by atoms with Crippen molar-refractivity contribution >= 4 is 28.6 Å². The predicted octanol–water partition coefficient (Wildman–Crippen LogP) is 1.61. The zero-order valence-electron chi connectivity index (χ0n) is 6.96. The number of carbonyl (C=O) groups is 1. The Bertz CT molecular complexity index is 316. The van der Waals surface area contributed by atoms with Crippen LogP contribution in [0.5, 0.6) is 0 Å². The molecule has 3 nitrogen and oxygen atoms in total. The molecule has 0 saturated carbocycles. The first-order valence-electron chi connectivity index (χ1n) is 3.80. The van der Waals surface area contributed by atoms with Crippen molar-refractivity contribution in [3.05, 3.63) is 35.1 Å². The van der Waals surface area contributed by atoms with Gasteiger partial charge in [-0.1, -0.05) is 34.7 Å². The van der Waals surface area contributed by atoms with E-state index in [-0.39, 0.29) is 5.57 Å². The summed E-state index contributed by atoms with van der Waals surface area (Å²) in [6, 6.07) is 0. The van der Waals surface area contributed by atoms with Gasteiger partial charge in [-0.2, -0.15) is 0 Å².